The van der Waals surface area contributed by atoms with Crippen molar-refractivity contribution >= 4 is 0 Å². The second-order valence-electron chi connectivity index (χ2n) is 6.24. The summed E-state index contributed by atoms with van der Waals surface area (Å²) in [6.45, 7) is 9.06. The average molecular weight is 321 g/mol. The summed E-state index contributed by atoms with van der Waals surface area (Å²) in [5.74, 6) is 0.345. The molecule has 1 fully saturated rings. The van der Waals surface area contributed by atoms with Crippen molar-refractivity contribution in [3.05, 3.63) is 34.7 Å². The molecule has 1 aromatic carbocycles. The van der Waals surface area contributed by atoms with Crippen LogP contribution in [-0.2, 0) is 0 Å². The number of nitrogens with one attached hydrogen (secondary N) is 1. The third-order valence-electron chi connectivity index (χ3n) is 4.59. The zero-order chi connectivity index (χ0) is 17.2. The molecule has 1 saturated heterocycles. The monoisotopic (exact) mass is 321 g/mol. The summed E-state index contributed by atoms with van der Waals surface area (Å²) in [6.07, 6.45) is 3.66. The van der Waals surface area contributed by atoms with Crippen LogP contribution in [0.4, 0.5) is 0 Å². The molecule has 0 radical (unpaired) electrons. The lowest BCUT2D eigenvalue weighted by Gasteiger charge is -2.37. The number of likely N-dealkylation sites (tertiary alicyclic amines) is 1. The van der Waals surface area contributed by atoms with E-state index in [0.29, 0.717) is 23.9 Å². The summed E-state index contributed by atoms with van der Waals surface area (Å²) in [5.41, 5.74) is 1.29. The number of rotatable bonds is 5. The number of nitroso groups, excluding NO2 is 1. The molecule has 1 aromatic rings. The molecule has 0 bridgehead atoms. The number of piperidine rings is 1. The molecule has 0 saturated carbocycles. The summed E-state index contributed by atoms with van der Waals surface area (Å²) in [7, 11) is 1.19. The molecule has 0 amide bonds. The predicted octanol–water partition coefficient (Wildman–Crippen LogP) is 3.69. The Morgan fingerprint density at radius 3 is 2.26 bits per heavy atom. The minimum absolute atomic E-state index is 0.345. The standard InChI is InChI=1S/C17H28N2O.CH3NO/c1-4-13(2)18-16-9-11-19(12-10-16)14(3)15-5-7-17(20)8-6-15;1-2-3/h5-8,13-14,16,18,20H,4,9-12H2,1-3H3;1H3. The molecule has 2 unspecified atom stereocenters. The maximum atomic E-state index is 9.37. The Balaban J connectivity index is 0.000000816. The van der Waals surface area contributed by atoms with Crippen LogP contribution >= 0.6 is 0 Å². The minimum Gasteiger partial charge on any atom is -0.508 e. The van der Waals surface area contributed by atoms with Crippen molar-refractivity contribution in [3.63, 3.8) is 0 Å². The van der Waals surface area contributed by atoms with Gasteiger partial charge >= 0.3 is 0 Å². The number of hydrogen-bond acceptors (Lipinski definition) is 5. The molecule has 5 nitrogen and oxygen atoms in total. The van der Waals surface area contributed by atoms with Gasteiger partial charge in [0.1, 0.15) is 5.75 Å². The van der Waals surface area contributed by atoms with Gasteiger partial charge in [0.25, 0.3) is 0 Å². The molecule has 2 rings (SSSR count). The summed E-state index contributed by atoms with van der Waals surface area (Å²) >= 11 is 0. The molecule has 0 spiro atoms. The van der Waals surface area contributed by atoms with E-state index in [1.165, 1.54) is 31.9 Å². The van der Waals surface area contributed by atoms with Gasteiger partial charge < -0.3 is 10.4 Å². The number of phenolic OH excluding ortho intramolecular Hbond substituents is 1. The second-order valence-corrected chi connectivity index (χ2v) is 6.24. The molecule has 5 heteroatoms. The molecule has 1 aliphatic rings. The first-order valence-corrected chi connectivity index (χ1v) is 8.52. The van der Waals surface area contributed by atoms with Crippen molar-refractivity contribution in [2.45, 2.75) is 58.2 Å². The predicted molar refractivity (Wildman–Crippen MR) is 95.7 cm³/mol. The number of phenols is 1. The van der Waals surface area contributed by atoms with Crippen LogP contribution in [0.5, 0.6) is 5.75 Å². The van der Waals surface area contributed by atoms with Gasteiger partial charge in [-0.2, -0.15) is 4.91 Å². The van der Waals surface area contributed by atoms with Crippen LogP contribution < -0.4 is 5.32 Å². The Morgan fingerprint density at radius 2 is 1.78 bits per heavy atom. The van der Waals surface area contributed by atoms with E-state index in [1.807, 2.05) is 12.1 Å². The Labute approximate surface area is 140 Å². The van der Waals surface area contributed by atoms with Gasteiger partial charge in [-0.25, -0.2) is 0 Å². The van der Waals surface area contributed by atoms with Crippen molar-refractivity contribution < 1.29 is 5.11 Å². The lowest BCUT2D eigenvalue weighted by Crippen LogP contribution is -2.45. The summed E-state index contributed by atoms with van der Waals surface area (Å²) in [4.78, 5) is 11.1. The minimum atomic E-state index is 0.345. The SMILES string of the molecule is CCC(C)NC1CCN(C(C)c2ccc(O)cc2)CC1.CN=O. The van der Waals surface area contributed by atoms with Gasteiger partial charge in [-0.3, -0.25) is 4.90 Å². The maximum absolute atomic E-state index is 9.37. The zero-order valence-corrected chi connectivity index (χ0v) is 14.8. The van der Waals surface area contributed by atoms with E-state index in [-0.39, 0.29) is 0 Å². The van der Waals surface area contributed by atoms with Crippen LogP contribution in [0.15, 0.2) is 29.4 Å². The fourth-order valence-corrected chi connectivity index (χ4v) is 2.94. The third-order valence-corrected chi connectivity index (χ3v) is 4.59. The Morgan fingerprint density at radius 1 is 1.26 bits per heavy atom. The molecular weight excluding hydrogens is 290 g/mol. The van der Waals surface area contributed by atoms with Gasteiger partial charge in [-0.1, -0.05) is 24.2 Å². The fourth-order valence-electron chi connectivity index (χ4n) is 2.94. The first kappa shape index (κ1) is 19.6. The van der Waals surface area contributed by atoms with E-state index >= 15 is 0 Å². The van der Waals surface area contributed by atoms with Crippen molar-refractivity contribution in [2.24, 2.45) is 5.18 Å². The number of hydrogen-bond donors (Lipinski definition) is 2. The molecule has 2 N–H and O–H groups in total. The van der Waals surface area contributed by atoms with Gasteiger partial charge in [0, 0.05) is 31.2 Å². The highest BCUT2D eigenvalue weighted by atomic mass is 16.3. The Hall–Kier alpha value is -1.46. The third kappa shape index (κ3) is 6.67. The number of benzene rings is 1. The van der Waals surface area contributed by atoms with Crippen LogP contribution in [0, 0.1) is 4.91 Å². The van der Waals surface area contributed by atoms with Gasteiger partial charge in [0.05, 0.1) is 7.05 Å². The van der Waals surface area contributed by atoms with Crippen LogP contribution in [0.2, 0.25) is 0 Å². The lowest BCUT2D eigenvalue weighted by atomic mass is 9.99. The normalized spacial score (nSPS) is 18.6. The van der Waals surface area contributed by atoms with Crippen LogP contribution in [0.3, 0.4) is 0 Å². The zero-order valence-electron chi connectivity index (χ0n) is 14.8. The van der Waals surface area contributed by atoms with E-state index < -0.39 is 0 Å². The molecule has 2 atom stereocenters. The average Bonchev–Trinajstić information content (AvgIpc) is 2.56. The number of nitrogens with zero attached hydrogens (tertiary/aromatic N) is 2. The van der Waals surface area contributed by atoms with Crippen LogP contribution in [0.1, 0.15) is 51.6 Å². The molecule has 1 heterocycles. The maximum Gasteiger partial charge on any atom is 0.115 e. The smallest absolute Gasteiger partial charge is 0.115 e. The van der Waals surface area contributed by atoms with E-state index in [2.05, 4.69) is 36.2 Å². The van der Waals surface area contributed by atoms with Gasteiger partial charge in [0.2, 0.25) is 0 Å². The van der Waals surface area contributed by atoms with Crippen LogP contribution in [-0.4, -0.2) is 42.2 Å². The topological polar surface area (TPSA) is 64.9 Å². The first-order valence-electron chi connectivity index (χ1n) is 8.52. The summed E-state index contributed by atoms with van der Waals surface area (Å²) in [6, 6.07) is 9.36. The summed E-state index contributed by atoms with van der Waals surface area (Å²) in [5, 5.41) is 15.3. The Bertz CT molecular complexity index is 442. The van der Waals surface area contributed by atoms with E-state index in [1.54, 1.807) is 12.1 Å². The van der Waals surface area contributed by atoms with Crippen LogP contribution in [0.25, 0.3) is 0 Å². The van der Waals surface area contributed by atoms with Gasteiger partial charge in [-0.15, -0.1) is 0 Å². The molecule has 23 heavy (non-hydrogen) atoms. The highest BCUT2D eigenvalue weighted by Crippen LogP contribution is 2.25. The molecular formula is C18H31N3O2. The fraction of sp³-hybridized carbons (Fsp3) is 0.667. The van der Waals surface area contributed by atoms with Crippen molar-refractivity contribution in [1.29, 1.82) is 0 Å². The largest absolute Gasteiger partial charge is 0.508 e. The number of aromatic hydroxyl groups is 1. The lowest BCUT2D eigenvalue weighted by molar-refractivity contribution is 0.148. The highest BCUT2D eigenvalue weighted by Gasteiger charge is 2.23. The molecule has 130 valence electrons. The van der Waals surface area contributed by atoms with E-state index in [0.717, 1.165) is 13.1 Å². The van der Waals surface area contributed by atoms with E-state index in [4.69, 9.17) is 4.91 Å². The van der Waals surface area contributed by atoms with Crippen molar-refractivity contribution in [1.82, 2.24) is 10.2 Å². The quantitative estimate of drug-likeness (QED) is 0.812. The molecule has 0 aromatic heterocycles. The summed E-state index contributed by atoms with van der Waals surface area (Å²) < 4.78 is 0. The molecule has 0 aliphatic carbocycles. The van der Waals surface area contributed by atoms with Crippen molar-refractivity contribution in [3.8, 4) is 5.75 Å². The second kappa shape index (κ2) is 10.3. The van der Waals surface area contributed by atoms with Gasteiger partial charge in [0.15, 0.2) is 0 Å². The van der Waals surface area contributed by atoms with Crippen molar-refractivity contribution in [2.75, 3.05) is 20.1 Å². The molecule has 1 aliphatic heterocycles. The highest BCUT2D eigenvalue weighted by molar-refractivity contribution is 5.27. The first-order chi connectivity index (χ1) is 11.0. The van der Waals surface area contributed by atoms with Gasteiger partial charge in [-0.05, 0) is 50.8 Å². The Kier molecular flexibility index (Phi) is 8.81. The van der Waals surface area contributed by atoms with E-state index in [9.17, 15) is 5.11 Å².